The molecular weight excluding hydrogens is 204 g/mol. The quantitative estimate of drug-likeness (QED) is 0.763. The van der Waals surface area contributed by atoms with E-state index in [-0.39, 0.29) is 11.5 Å². The van der Waals surface area contributed by atoms with Gasteiger partial charge in [-0.05, 0) is 20.3 Å². The van der Waals surface area contributed by atoms with Crippen LogP contribution in [0.2, 0.25) is 0 Å². The molecule has 16 heavy (non-hydrogen) atoms. The number of nitrogens with one attached hydrogen (secondary N) is 1. The van der Waals surface area contributed by atoms with Crippen LogP contribution in [0.15, 0.2) is 0 Å². The fourth-order valence-corrected chi connectivity index (χ4v) is 1.97. The largest absolute Gasteiger partial charge is 0.373 e. The first-order chi connectivity index (χ1) is 7.53. The number of morpholine rings is 1. The van der Waals surface area contributed by atoms with Crippen molar-refractivity contribution in [3.8, 4) is 0 Å². The number of ether oxygens (including phenoxy) is 1. The Morgan fingerprint density at radius 1 is 1.50 bits per heavy atom. The average Bonchev–Trinajstić information content (AvgIpc) is 2.16. The van der Waals surface area contributed by atoms with Gasteiger partial charge < -0.3 is 10.1 Å². The Labute approximate surface area is 98.3 Å². The smallest absolute Gasteiger partial charge is 0.220 e. The Balaban J connectivity index is 2.15. The Bertz CT molecular complexity index is 229. The molecule has 1 aliphatic rings. The average molecular weight is 228 g/mol. The maximum atomic E-state index is 11.3. The maximum Gasteiger partial charge on any atom is 0.220 e. The molecule has 0 atom stereocenters. The number of nitrogens with zero attached hydrogens (tertiary/aromatic N) is 1. The lowest BCUT2D eigenvalue weighted by atomic mass is 10.1. The van der Waals surface area contributed by atoms with Gasteiger partial charge in [-0.2, -0.15) is 0 Å². The molecule has 1 amide bonds. The van der Waals surface area contributed by atoms with Crippen LogP contribution in [-0.2, 0) is 9.53 Å². The second-order valence-electron chi connectivity index (χ2n) is 4.98. The first kappa shape index (κ1) is 13.5. The van der Waals surface area contributed by atoms with Gasteiger partial charge in [0.05, 0.1) is 12.2 Å². The molecule has 1 fully saturated rings. The van der Waals surface area contributed by atoms with Crippen molar-refractivity contribution in [2.75, 3.05) is 32.8 Å². The summed E-state index contributed by atoms with van der Waals surface area (Å²) >= 11 is 0. The summed E-state index contributed by atoms with van der Waals surface area (Å²) in [6.45, 7) is 10.6. The van der Waals surface area contributed by atoms with Gasteiger partial charge >= 0.3 is 0 Å². The molecule has 0 aromatic rings. The molecule has 1 N–H and O–H groups in total. The molecule has 0 radical (unpaired) electrons. The normalized spacial score (nSPS) is 20.7. The summed E-state index contributed by atoms with van der Waals surface area (Å²) in [6.07, 6.45) is 1.55. The number of carbonyl (C=O) groups is 1. The molecular formula is C12H24N2O2. The molecule has 1 rings (SSSR count). The summed E-state index contributed by atoms with van der Waals surface area (Å²) in [5.74, 6) is 0.162. The van der Waals surface area contributed by atoms with E-state index in [4.69, 9.17) is 4.74 Å². The van der Waals surface area contributed by atoms with E-state index >= 15 is 0 Å². The summed E-state index contributed by atoms with van der Waals surface area (Å²) < 4.78 is 5.63. The molecule has 94 valence electrons. The third kappa shape index (κ3) is 4.94. The fraction of sp³-hybridized carbons (Fsp3) is 0.917. The first-order valence-electron chi connectivity index (χ1n) is 6.16. The van der Waals surface area contributed by atoms with Crippen molar-refractivity contribution in [2.24, 2.45) is 0 Å². The molecule has 1 saturated heterocycles. The van der Waals surface area contributed by atoms with Crippen LogP contribution in [-0.4, -0.2) is 49.2 Å². The van der Waals surface area contributed by atoms with E-state index < -0.39 is 0 Å². The highest BCUT2D eigenvalue weighted by Crippen LogP contribution is 2.15. The zero-order chi connectivity index (χ0) is 12.0. The van der Waals surface area contributed by atoms with E-state index in [2.05, 4.69) is 24.1 Å². The number of carbonyl (C=O) groups excluding carboxylic acids is 1. The maximum absolute atomic E-state index is 11.3. The van der Waals surface area contributed by atoms with Gasteiger partial charge in [-0.1, -0.05) is 6.92 Å². The van der Waals surface area contributed by atoms with E-state index in [1.807, 2.05) is 6.92 Å². The highest BCUT2D eigenvalue weighted by Gasteiger charge is 2.26. The third-order valence-corrected chi connectivity index (χ3v) is 2.73. The molecule has 0 spiro atoms. The molecule has 4 nitrogen and oxygen atoms in total. The summed E-state index contributed by atoms with van der Waals surface area (Å²) in [6, 6.07) is 0. The monoisotopic (exact) mass is 228 g/mol. The Hall–Kier alpha value is -0.610. The van der Waals surface area contributed by atoms with Crippen LogP contribution in [0.5, 0.6) is 0 Å². The molecule has 0 unspecified atom stereocenters. The van der Waals surface area contributed by atoms with Crippen LogP contribution in [0, 0.1) is 0 Å². The van der Waals surface area contributed by atoms with Gasteiger partial charge in [0.1, 0.15) is 0 Å². The molecule has 0 bridgehead atoms. The van der Waals surface area contributed by atoms with Gasteiger partial charge in [-0.25, -0.2) is 0 Å². The molecule has 0 saturated carbocycles. The molecule has 4 heteroatoms. The second-order valence-corrected chi connectivity index (χ2v) is 4.98. The van der Waals surface area contributed by atoms with Crippen molar-refractivity contribution in [1.82, 2.24) is 10.2 Å². The predicted octanol–water partition coefficient (Wildman–Crippen LogP) is 1.01. The van der Waals surface area contributed by atoms with Gasteiger partial charge in [0.2, 0.25) is 5.91 Å². The van der Waals surface area contributed by atoms with Crippen molar-refractivity contribution < 1.29 is 9.53 Å². The van der Waals surface area contributed by atoms with Gasteiger partial charge in [-0.3, -0.25) is 9.69 Å². The zero-order valence-electron chi connectivity index (χ0n) is 10.7. The van der Waals surface area contributed by atoms with Gasteiger partial charge in [0.15, 0.2) is 0 Å². The minimum atomic E-state index is -0.0499. The van der Waals surface area contributed by atoms with E-state index in [9.17, 15) is 4.79 Å². The summed E-state index contributed by atoms with van der Waals surface area (Å²) in [7, 11) is 0. The van der Waals surface area contributed by atoms with E-state index in [1.54, 1.807) is 0 Å². The first-order valence-corrected chi connectivity index (χ1v) is 6.16. The van der Waals surface area contributed by atoms with Crippen LogP contribution in [0.4, 0.5) is 0 Å². The Kier molecular flexibility index (Phi) is 5.22. The minimum Gasteiger partial charge on any atom is -0.373 e. The van der Waals surface area contributed by atoms with Crippen LogP contribution < -0.4 is 5.32 Å². The van der Waals surface area contributed by atoms with Crippen molar-refractivity contribution in [3.05, 3.63) is 0 Å². The van der Waals surface area contributed by atoms with Crippen LogP contribution in [0.1, 0.15) is 33.6 Å². The van der Waals surface area contributed by atoms with Crippen molar-refractivity contribution in [3.63, 3.8) is 0 Å². The van der Waals surface area contributed by atoms with E-state index in [0.29, 0.717) is 6.42 Å². The van der Waals surface area contributed by atoms with Gasteiger partial charge in [-0.15, -0.1) is 0 Å². The lowest BCUT2D eigenvalue weighted by Gasteiger charge is -2.38. The molecule has 1 heterocycles. The number of rotatable bonds is 5. The summed E-state index contributed by atoms with van der Waals surface area (Å²) in [5, 5.41) is 2.94. The van der Waals surface area contributed by atoms with Crippen molar-refractivity contribution >= 4 is 5.91 Å². The van der Waals surface area contributed by atoms with Crippen LogP contribution in [0.3, 0.4) is 0 Å². The molecule has 0 aromatic carbocycles. The lowest BCUT2D eigenvalue weighted by Crippen LogP contribution is -2.50. The lowest BCUT2D eigenvalue weighted by molar-refractivity contribution is -0.121. The Morgan fingerprint density at radius 3 is 2.88 bits per heavy atom. The number of hydrogen-bond acceptors (Lipinski definition) is 3. The standard InChI is InChI=1S/C12H24N2O2/c1-4-5-11(15)13-6-7-14-8-9-16-12(2,3)10-14/h4-10H2,1-3H3,(H,13,15). The van der Waals surface area contributed by atoms with Crippen molar-refractivity contribution in [1.29, 1.82) is 0 Å². The van der Waals surface area contributed by atoms with Crippen LogP contribution in [0.25, 0.3) is 0 Å². The van der Waals surface area contributed by atoms with E-state index in [1.165, 1.54) is 0 Å². The SMILES string of the molecule is CCCC(=O)NCCN1CCOC(C)(C)C1. The zero-order valence-corrected chi connectivity index (χ0v) is 10.7. The molecule has 0 aliphatic carbocycles. The van der Waals surface area contributed by atoms with Gasteiger partial charge in [0, 0.05) is 32.6 Å². The van der Waals surface area contributed by atoms with Crippen molar-refractivity contribution in [2.45, 2.75) is 39.2 Å². The minimum absolute atomic E-state index is 0.0499. The topological polar surface area (TPSA) is 41.6 Å². The highest BCUT2D eigenvalue weighted by molar-refractivity contribution is 5.75. The second kappa shape index (κ2) is 6.21. The highest BCUT2D eigenvalue weighted by atomic mass is 16.5. The van der Waals surface area contributed by atoms with E-state index in [0.717, 1.165) is 39.2 Å². The summed E-state index contributed by atoms with van der Waals surface area (Å²) in [4.78, 5) is 13.6. The summed E-state index contributed by atoms with van der Waals surface area (Å²) in [5.41, 5.74) is -0.0499. The fourth-order valence-electron chi connectivity index (χ4n) is 1.97. The van der Waals surface area contributed by atoms with Gasteiger partial charge in [0.25, 0.3) is 0 Å². The molecule has 1 aliphatic heterocycles. The Morgan fingerprint density at radius 2 is 2.25 bits per heavy atom. The number of hydrogen-bond donors (Lipinski definition) is 1. The molecule has 0 aromatic heterocycles. The van der Waals surface area contributed by atoms with Crippen LogP contribution >= 0.6 is 0 Å². The predicted molar refractivity (Wildman–Crippen MR) is 64.4 cm³/mol. The number of amides is 1. The third-order valence-electron chi connectivity index (χ3n) is 2.73.